The minimum atomic E-state index is -3.93. The van der Waals surface area contributed by atoms with E-state index in [-0.39, 0.29) is 25.8 Å². The quantitative estimate of drug-likeness (QED) is 0.401. The summed E-state index contributed by atoms with van der Waals surface area (Å²) in [7, 11) is -3.93. The number of alkyl carbamates (subject to hydrolysis) is 1. The number of allylic oxidation sites excluding steroid dienone is 1. The summed E-state index contributed by atoms with van der Waals surface area (Å²) in [4.78, 5) is 70.4. The van der Waals surface area contributed by atoms with Crippen LogP contribution >= 0.6 is 0 Å². The number of hydrogen-bond donors (Lipinski definition) is 3. The standard InChI is InChI=1S/C33H45N5O9S/c1-32(2,3)47-30(42)34-25-15-9-7-5-6-8-14-23-17-33(23,29(41)36-48(4,44)45)35-27(39)26-16-24(20-38(26)28(25)40)46-31(43)37-18-21-12-10-11-13-22(21)19-37/h8,10-14,23-26H,5-7,9,15-20H2,1-4H3,(H,34,42)(H,35,39)(H,36,41)/t23-,24-,25+,26+,33-/m1/s1. The molecule has 5 rings (SSSR count). The van der Waals surface area contributed by atoms with E-state index in [0.29, 0.717) is 25.9 Å². The maximum absolute atomic E-state index is 14.2. The Bertz CT molecular complexity index is 1560. The number of fused-ring (bicyclic) bond motifs is 3. The van der Waals surface area contributed by atoms with Crippen molar-refractivity contribution < 1.29 is 41.9 Å². The first kappa shape index (κ1) is 35.2. The second-order valence-electron chi connectivity index (χ2n) is 14.1. The maximum Gasteiger partial charge on any atom is 0.410 e. The Morgan fingerprint density at radius 2 is 1.73 bits per heavy atom. The van der Waals surface area contributed by atoms with Crippen LogP contribution in [0.5, 0.6) is 0 Å². The van der Waals surface area contributed by atoms with E-state index in [4.69, 9.17) is 9.47 Å². The summed E-state index contributed by atoms with van der Waals surface area (Å²) in [6.07, 6.45) is 5.53. The highest BCUT2D eigenvalue weighted by atomic mass is 32.2. The third-order valence-electron chi connectivity index (χ3n) is 8.98. The molecule has 1 aromatic carbocycles. The molecular weight excluding hydrogens is 642 g/mol. The predicted molar refractivity (Wildman–Crippen MR) is 173 cm³/mol. The van der Waals surface area contributed by atoms with Gasteiger partial charge in [0.15, 0.2) is 0 Å². The predicted octanol–water partition coefficient (Wildman–Crippen LogP) is 2.47. The van der Waals surface area contributed by atoms with Gasteiger partial charge in [-0.25, -0.2) is 18.0 Å². The van der Waals surface area contributed by atoms with Crippen molar-refractivity contribution in [2.75, 3.05) is 12.8 Å². The fourth-order valence-corrected chi connectivity index (χ4v) is 7.07. The zero-order valence-corrected chi connectivity index (χ0v) is 28.6. The van der Waals surface area contributed by atoms with E-state index in [1.54, 1.807) is 25.7 Å². The normalized spacial score (nSPS) is 27.8. The first-order chi connectivity index (χ1) is 22.5. The van der Waals surface area contributed by atoms with Crippen LogP contribution in [-0.4, -0.2) is 90.3 Å². The molecule has 0 unspecified atom stereocenters. The lowest BCUT2D eigenvalue weighted by Crippen LogP contribution is -2.58. The summed E-state index contributed by atoms with van der Waals surface area (Å²) in [6.45, 7) is 5.72. The Morgan fingerprint density at radius 3 is 2.38 bits per heavy atom. The number of benzene rings is 1. The summed E-state index contributed by atoms with van der Waals surface area (Å²) >= 11 is 0. The van der Waals surface area contributed by atoms with Crippen LogP contribution in [0, 0.1) is 5.92 Å². The third kappa shape index (κ3) is 8.47. The average molecular weight is 688 g/mol. The minimum Gasteiger partial charge on any atom is -0.444 e. The van der Waals surface area contributed by atoms with E-state index < -0.39 is 75.2 Å². The highest BCUT2D eigenvalue weighted by Crippen LogP contribution is 2.45. The van der Waals surface area contributed by atoms with Crippen molar-refractivity contribution in [3.8, 4) is 0 Å². The molecular formula is C33H45N5O9S. The molecule has 262 valence electrons. The second kappa shape index (κ2) is 13.8. The summed E-state index contributed by atoms with van der Waals surface area (Å²) < 4.78 is 37.2. The third-order valence-corrected chi connectivity index (χ3v) is 9.54. The molecule has 3 N–H and O–H groups in total. The van der Waals surface area contributed by atoms with Gasteiger partial charge in [-0.2, -0.15) is 0 Å². The molecule has 0 radical (unpaired) electrons. The Kier molecular flexibility index (Phi) is 10.1. The lowest BCUT2D eigenvalue weighted by molar-refractivity contribution is -0.141. The largest absolute Gasteiger partial charge is 0.444 e. The zero-order valence-electron chi connectivity index (χ0n) is 27.8. The molecule has 5 atom stereocenters. The van der Waals surface area contributed by atoms with E-state index in [1.165, 1.54) is 4.90 Å². The lowest BCUT2D eigenvalue weighted by Gasteiger charge is -2.30. The second-order valence-corrected chi connectivity index (χ2v) is 15.9. The van der Waals surface area contributed by atoms with Gasteiger partial charge in [0, 0.05) is 25.4 Å². The molecule has 0 bridgehead atoms. The van der Waals surface area contributed by atoms with E-state index in [1.807, 2.05) is 41.1 Å². The number of rotatable bonds is 4. The lowest BCUT2D eigenvalue weighted by atomic mass is 10.0. The number of ether oxygens (including phenoxy) is 2. The monoisotopic (exact) mass is 687 g/mol. The van der Waals surface area contributed by atoms with Crippen molar-refractivity contribution in [3.05, 3.63) is 47.5 Å². The molecule has 3 heterocycles. The van der Waals surface area contributed by atoms with Gasteiger partial charge in [-0.05, 0) is 57.6 Å². The van der Waals surface area contributed by atoms with Crippen molar-refractivity contribution in [1.82, 2.24) is 25.2 Å². The fraction of sp³-hybridized carbons (Fsp3) is 0.606. The number of carbonyl (C=O) groups is 5. The maximum atomic E-state index is 14.2. The zero-order chi connectivity index (χ0) is 34.9. The molecule has 0 spiro atoms. The first-order valence-corrected chi connectivity index (χ1v) is 18.3. The van der Waals surface area contributed by atoms with Crippen molar-refractivity contribution in [2.45, 2.75) is 108 Å². The molecule has 1 aliphatic carbocycles. The smallest absolute Gasteiger partial charge is 0.410 e. The van der Waals surface area contributed by atoms with Crippen LogP contribution < -0.4 is 15.4 Å². The van der Waals surface area contributed by atoms with Crippen LogP contribution in [0.2, 0.25) is 0 Å². The summed E-state index contributed by atoms with van der Waals surface area (Å²) in [5.41, 5.74) is -0.337. The molecule has 1 aromatic rings. The number of amides is 5. The highest BCUT2D eigenvalue weighted by Gasteiger charge is 2.61. The Balaban J connectivity index is 1.40. The Morgan fingerprint density at radius 1 is 1.04 bits per heavy atom. The van der Waals surface area contributed by atoms with Crippen molar-refractivity contribution in [3.63, 3.8) is 0 Å². The molecule has 48 heavy (non-hydrogen) atoms. The molecule has 1 saturated carbocycles. The van der Waals surface area contributed by atoms with Gasteiger partial charge in [0.25, 0.3) is 5.91 Å². The fourth-order valence-electron chi connectivity index (χ4n) is 6.55. The van der Waals surface area contributed by atoms with Gasteiger partial charge in [0.2, 0.25) is 21.8 Å². The van der Waals surface area contributed by atoms with Gasteiger partial charge in [0.1, 0.15) is 29.3 Å². The minimum absolute atomic E-state index is 0.0620. The molecule has 14 nitrogen and oxygen atoms in total. The number of nitrogens with zero attached hydrogens (tertiary/aromatic N) is 2. The molecule has 0 aromatic heterocycles. The number of hydrogen-bond acceptors (Lipinski definition) is 9. The van der Waals surface area contributed by atoms with Gasteiger partial charge in [-0.1, -0.05) is 49.3 Å². The topological polar surface area (TPSA) is 181 Å². The van der Waals surface area contributed by atoms with Crippen molar-refractivity contribution in [2.24, 2.45) is 5.92 Å². The van der Waals surface area contributed by atoms with Crippen molar-refractivity contribution >= 4 is 39.9 Å². The molecule has 1 saturated heterocycles. The van der Waals surface area contributed by atoms with Crippen LogP contribution in [0.1, 0.15) is 76.8 Å². The summed E-state index contributed by atoms with van der Waals surface area (Å²) in [6, 6.07) is 5.45. The molecule has 2 fully saturated rings. The average Bonchev–Trinajstić information content (AvgIpc) is 3.30. The van der Waals surface area contributed by atoms with Gasteiger partial charge in [-0.15, -0.1) is 0 Å². The van der Waals surface area contributed by atoms with Crippen LogP contribution in [0.15, 0.2) is 36.4 Å². The Labute approximate surface area is 281 Å². The number of nitrogens with one attached hydrogen (secondary N) is 3. The number of sulfonamides is 1. The van der Waals surface area contributed by atoms with E-state index in [2.05, 4.69) is 10.6 Å². The molecule has 5 amide bonds. The highest BCUT2D eigenvalue weighted by molar-refractivity contribution is 7.89. The summed E-state index contributed by atoms with van der Waals surface area (Å²) in [5, 5.41) is 5.43. The van der Waals surface area contributed by atoms with E-state index in [9.17, 15) is 32.4 Å². The first-order valence-electron chi connectivity index (χ1n) is 16.4. The van der Waals surface area contributed by atoms with E-state index in [0.717, 1.165) is 30.2 Å². The van der Waals surface area contributed by atoms with Gasteiger partial charge < -0.3 is 25.0 Å². The van der Waals surface area contributed by atoms with E-state index >= 15 is 0 Å². The van der Waals surface area contributed by atoms with Crippen LogP contribution in [0.3, 0.4) is 0 Å². The SMILES string of the molecule is CC(C)(C)OC(=O)N[C@H]1CCCCCC=C[C@@H]2C[C@@]2(C(=O)NS(C)(=O)=O)NC(=O)[C@@H]2C[C@@H](OC(=O)N3Cc4ccccc4C3)CN2C1=O. The van der Waals surface area contributed by atoms with Crippen LogP contribution in [-0.2, 0) is 47.0 Å². The molecule has 3 aliphatic heterocycles. The van der Waals surface area contributed by atoms with Gasteiger partial charge in [0.05, 0.1) is 12.8 Å². The summed E-state index contributed by atoms with van der Waals surface area (Å²) in [5.74, 6) is -2.57. The van der Waals surface area contributed by atoms with Gasteiger partial charge >= 0.3 is 12.2 Å². The van der Waals surface area contributed by atoms with Crippen LogP contribution in [0.25, 0.3) is 0 Å². The molecule has 4 aliphatic rings. The Hall–Kier alpha value is -4.14. The van der Waals surface area contributed by atoms with Crippen LogP contribution in [0.4, 0.5) is 9.59 Å². The van der Waals surface area contributed by atoms with Crippen molar-refractivity contribution in [1.29, 1.82) is 0 Å². The number of carbonyl (C=O) groups excluding carboxylic acids is 5. The van der Waals surface area contributed by atoms with Gasteiger partial charge in [-0.3, -0.25) is 24.0 Å². The molecule has 15 heteroatoms.